The Morgan fingerprint density at radius 2 is 1.40 bits per heavy atom. The summed E-state index contributed by atoms with van der Waals surface area (Å²) in [5.41, 5.74) is 0.812. The molecule has 0 spiro atoms. The average Bonchev–Trinajstić information content (AvgIpc) is 2.43. The molecule has 0 heterocycles. The van der Waals surface area contributed by atoms with Crippen molar-refractivity contribution in [1.82, 2.24) is 9.80 Å². The molecule has 0 unspecified atom stereocenters. The third-order valence-electron chi connectivity index (χ3n) is 2.55. The van der Waals surface area contributed by atoms with Crippen LogP contribution in [0.25, 0.3) is 0 Å². The molecule has 0 atom stereocenters. The second kappa shape index (κ2) is 6.70. The summed E-state index contributed by atoms with van der Waals surface area (Å²) < 4.78 is 4.60. The Bertz CT molecular complexity index is 509. The van der Waals surface area contributed by atoms with Crippen LogP contribution in [0.4, 0.5) is 0 Å². The summed E-state index contributed by atoms with van der Waals surface area (Å²) in [7, 11) is 8.56. The van der Waals surface area contributed by atoms with Gasteiger partial charge in [-0.15, -0.1) is 0 Å². The van der Waals surface area contributed by atoms with Crippen LogP contribution in [-0.4, -0.2) is 62.9 Å². The average molecular weight is 277 g/mol. The van der Waals surface area contributed by atoms with Crippen LogP contribution in [0.2, 0.25) is 0 Å². The van der Waals surface area contributed by atoms with Gasteiger partial charge in [-0.25, -0.2) is 4.79 Å². The van der Waals surface area contributed by atoms with Crippen LogP contribution in [0, 0.1) is 0 Å². The molecule has 0 aliphatic carbocycles. The molecule has 20 heavy (non-hydrogen) atoms. The molecular weight excluding hydrogens is 258 g/mol. The molecule has 108 valence electrons. The number of benzene rings is 1. The standard InChI is InChI=1S/C14H19N3O3/c1-16(2)14(17(3)4)15-12(18)10-6-8-11(9-7-10)13(19)20-5/h6-9H,1-5H3. The Hall–Kier alpha value is -2.37. The molecular formula is C14H19N3O3. The molecule has 0 aliphatic rings. The number of nitrogens with zero attached hydrogens (tertiary/aromatic N) is 3. The van der Waals surface area contributed by atoms with Crippen molar-refractivity contribution in [3.8, 4) is 0 Å². The summed E-state index contributed by atoms with van der Waals surface area (Å²) >= 11 is 0. The van der Waals surface area contributed by atoms with Crippen LogP contribution < -0.4 is 0 Å². The van der Waals surface area contributed by atoms with Gasteiger partial charge in [0.05, 0.1) is 12.7 Å². The highest BCUT2D eigenvalue weighted by molar-refractivity contribution is 6.03. The number of carbonyl (C=O) groups excluding carboxylic acids is 2. The predicted octanol–water partition coefficient (Wildman–Crippen LogP) is 1.09. The van der Waals surface area contributed by atoms with E-state index >= 15 is 0 Å². The van der Waals surface area contributed by atoms with Crippen molar-refractivity contribution in [2.75, 3.05) is 35.3 Å². The largest absolute Gasteiger partial charge is 0.465 e. The van der Waals surface area contributed by atoms with E-state index < -0.39 is 5.97 Å². The highest BCUT2D eigenvalue weighted by atomic mass is 16.5. The lowest BCUT2D eigenvalue weighted by Crippen LogP contribution is -2.36. The topological polar surface area (TPSA) is 62.2 Å². The molecule has 0 bridgehead atoms. The SMILES string of the molecule is COC(=O)c1ccc(C(=O)N=C(N(C)C)N(C)C)cc1. The normalized spacial score (nSPS) is 9.65. The second-order valence-corrected chi connectivity index (χ2v) is 4.57. The molecule has 6 heteroatoms. The Morgan fingerprint density at radius 1 is 0.950 bits per heavy atom. The van der Waals surface area contributed by atoms with E-state index in [1.54, 1.807) is 34.1 Å². The predicted molar refractivity (Wildman–Crippen MR) is 76.9 cm³/mol. The molecule has 1 amide bonds. The Balaban J connectivity index is 2.98. The first-order valence-electron chi connectivity index (χ1n) is 6.03. The monoisotopic (exact) mass is 277 g/mol. The van der Waals surface area contributed by atoms with Gasteiger partial charge in [-0.1, -0.05) is 0 Å². The zero-order chi connectivity index (χ0) is 15.3. The Morgan fingerprint density at radius 3 is 1.80 bits per heavy atom. The number of esters is 1. The van der Waals surface area contributed by atoms with E-state index in [0.29, 0.717) is 17.1 Å². The number of methoxy groups -OCH3 is 1. The minimum absolute atomic E-state index is 0.362. The highest BCUT2D eigenvalue weighted by Crippen LogP contribution is 2.07. The van der Waals surface area contributed by atoms with E-state index in [-0.39, 0.29) is 5.91 Å². The van der Waals surface area contributed by atoms with Gasteiger partial charge in [-0.05, 0) is 24.3 Å². The van der Waals surface area contributed by atoms with Crippen LogP contribution in [0.3, 0.4) is 0 Å². The number of carbonyl (C=O) groups is 2. The molecule has 0 saturated carbocycles. The molecule has 6 nitrogen and oxygen atoms in total. The first-order valence-corrected chi connectivity index (χ1v) is 6.03. The lowest BCUT2D eigenvalue weighted by molar-refractivity contribution is 0.0600. The van der Waals surface area contributed by atoms with E-state index in [1.165, 1.54) is 7.11 Å². The van der Waals surface area contributed by atoms with Crippen molar-refractivity contribution < 1.29 is 14.3 Å². The first-order chi connectivity index (χ1) is 9.36. The lowest BCUT2D eigenvalue weighted by atomic mass is 10.1. The number of ether oxygens (including phenoxy) is 1. The van der Waals surface area contributed by atoms with E-state index in [9.17, 15) is 9.59 Å². The smallest absolute Gasteiger partial charge is 0.337 e. The highest BCUT2D eigenvalue weighted by Gasteiger charge is 2.11. The van der Waals surface area contributed by atoms with Crippen molar-refractivity contribution in [3.63, 3.8) is 0 Å². The number of aliphatic imine (C=N–C) groups is 1. The maximum absolute atomic E-state index is 12.1. The van der Waals surface area contributed by atoms with E-state index in [1.807, 2.05) is 28.2 Å². The molecule has 1 rings (SSSR count). The quantitative estimate of drug-likeness (QED) is 0.460. The van der Waals surface area contributed by atoms with Gasteiger partial charge >= 0.3 is 5.97 Å². The molecule has 1 aromatic rings. The van der Waals surface area contributed by atoms with Crippen molar-refractivity contribution in [2.45, 2.75) is 0 Å². The van der Waals surface area contributed by atoms with E-state index in [2.05, 4.69) is 9.73 Å². The maximum atomic E-state index is 12.1. The zero-order valence-electron chi connectivity index (χ0n) is 12.4. The fourth-order valence-electron chi connectivity index (χ4n) is 1.62. The second-order valence-electron chi connectivity index (χ2n) is 4.57. The van der Waals surface area contributed by atoms with Gasteiger partial charge in [-0.3, -0.25) is 4.79 Å². The summed E-state index contributed by atoms with van der Waals surface area (Å²) in [5.74, 6) is -0.249. The van der Waals surface area contributed by atoms with E-state index in [0.717, 1.165) is 0 Å². The Kier molecular flexibility index (Phi) is 5.25. The van der Waals surface area contributed by atoms with Crippen LogP contribution in [0.1, 0.15) is 20.7 Å². The van der Waals surface area contributed by atoms with Crippen LogP contribution in [0.5, 0.6) is 0 Å². The summed E-state index contributed by atoms with van der Waals surface area (Å²) in [4.78, 5) is 30.9. The number of amides is 1. The van der Waals surface area contributed by atoms with Gasteiger partial charge in [0.1, 0.15) is 0 Å². The van der Waals surface area contributed by atoms with Gasteiger partial charge in [-0.2, -0.15) is 4.99 Å². The van der Waals surface area contributed by atoms with Gasteiger partial charge in [0.25, 0.3) is 5.91 Å². The molecule has 0 aromatic heterocycles. The Labute approximate surface area is 118 Å². The minimum atomic E-state index is -0.435. The molecule has 1 aromatic carbocycles. The minimum Gasteiger partial charge on any atom is -0.465 e. The maximum Gasteiger partial charge on any atom is 0.337 e. The zero-order valence-corrected chi connectivity index (χ0v) is 12.4. The van der Waals surface area contributed by atoms with Gasteiger partial charge in [0, 0.05) is 33.8 Å². The summed E-state index contributed by atoms with van der Waals surface area (Å²) in [6, 6.07) is 6.20. The number of rotatable bonds is 2. The van der Waals surface area contributed by atoms with Gasteiger partial charge in [0.2, 0.25) is 5.96 Å². The van der Waals surface area contributed by atoms with Crippen molar-refractivity contribution in [1.29, 1.82) is 0 Å². The fraction of sp³-hybridized carbons (Fsp3) is 0.357. The number of hydrogen-bond acceptors (Lipinski definition) is 3. The number of hydrogen-bond donors (Lipinski definition) is 0. The summed E-state index contributed by atoms with van der Waals surface area (Å²) in [5, 5.41) is 0. The van der Waals surface area contributed by atoms with Crippen LogP contribution >= 0.6 is 0 Å². The fourth-order valence-corrected chi connectivity index (χ4v) is 1.62. The molecule has 0 saturated heterocycles. The molecule has 0 N–H and O–H groups in total. The number of guanidine groups is 1. The molecule has 0 radical (unpaired) electrons. The van der Waals surface area contributed by atoms with Gasteiger partial charge in [0.15, 0.2) is 0 Å². The van der Waals surface area contributed by atoms with Crippen molar-refractivity contribution >= 4 is 17.8 Å². The van der Waals surface area contributed by atoms with Crippen LogP contribution in [-0.2, 0) is 4.74 Å². The lowest BCUT2D eigenvalue weighted by Gasteiger charge is -2.22. The molecule has 0 aliphatic heterocycles. The van der Waals surface area contributed by atoms with Gasteiger partial charge < -0.3 is 14.5 Å². The van der Waals surface area contributed by atoms with Crippen molar-refractivity contribution in [2.24, 2.45) is 4.99 Å². The summed E-state index contributed by atoms with van der Waals surface area (Å²) in [6.07, 6.45) is 0. The third-order valence-corrected chi connectivity index (χ3v) is 2.55. The molecule has 0 fully saturated rings. The third kappa shape index (κ3) is 3.81. The first kappa shape index (κ1) is 15.7. The van der Waals surface area contributed by atoms with Crippen LogP contribution in [0.15, 0.2) is 29.3 Å². The van der Waals surface area contributed by atoms with Crippen molar-refractivity contribution in [3.05, 3.63) is 35.4 Å². The van der Waals surface area contributed by atoms with E-state index in [4.69, 9.17) is 0 Å². The summed E-state index contributed by atoms with van der Waals surface area (Å²) in [6.45, 7) is 0.